The molecule has 3 aromatic carbocycles. The molecule has 0 bridgehead atoms. The van der Waals surface area contributed by atoms with E-state index in [1.54, 1.807) is 18.2 Å². The third-order valence-corrected chi connectivity index (χ3v) is 4.50. The first kappa shape index (κ1) is 22.1. The van der Waals surface area contributed by atoms with Gasteiger partial charge in [0.05, 0.1) is 15.6 Å². The van der Waals surface area contributed by atoms with Crippen LogP contribution in [0.2, 0.25) is 10.0 Å². The molecule has 0 aliphatic rings. The number of nitrogens with zero attached hydrogens (tertiary/aromatic N) is 1. The molecule has 0 spiro atoms. The SMILES string of the molecule is O=C(COc1ccccc1[N+](=O)[O-])Oc1ccc(C(=O)Nc2cc(Cl)ccc2Cl)cc1. The molecule has 0 saturated heterocycles. The minimum Gasteiger partial charge on any atom is -0.475 e. The molecule has 0 saturated carbocycles. The number of nitro groups is 1. The fourth-order valence-electron chi connectivity index (χ4n) is 2.49. The quantitative estimate of drug-likeness (QED) is 0.226. The summed E-state index contributed by atoms with van der Waals surface area (Å²) >= 11 is 11.9. The molecular formula is C21H14Cl2N2O6. The van der Waals surface area contributed by atoms with Crippen LogP contribution in [0.3, 0.4) is 0 Å². The average molecular weight is 461 g/mol. The van der Waals surface area contributed by atoms with E-state index in [1.165, 1.54) is 48.5 Å². The Kier molecular flexibility index (Phi) is 7.07. The summed E-state index contributed by atoms with van der Waals surface area (Å²) in [4.78, 5) is 34.7. The van der Waals surface area contributed by atoms with Gasteiger partial charge < -0.3 is 14.8 Å². The van der Waals surface area contributed by atoms with E-state index < -0.39 is 23.4 Å². The number of hydrogen-bond donors (Lipinski definition) is 1. The van der Waals surface area contributed by atoms with E-state index in [0.29, 0.717) is 21.3 Å². The van der Waals surface area contributed by atoms with Crippen LogP contribution in [0.15, 0.2) is 66.7 Å². The van der Waals surface area contributed by atoms with E-state index in [0.717, 1.165) is 0 Å². The fourth-order valence-corrected chi connectivity index (χ4v) is 2.83. The van der Waals surface area contributed by atoms with Crippen LogP contribution in [0.4, 0.5) is 11.4 Å². The average Bonchev–Trinajstić information content (AvgIpc) is 2.75. The van der Waals surface area contributed by atoms with Gasteiger partial charge in [0, 0.05) is 16.7 Å². The van der Waals surface area contributed by atoms with Gasteiger partial charge in [0.1, 0.15) is 5.75 Å². The lowest BCUT2D eigenvalue weighted by molar-refractivity contribution is -0.385. The molecule has 3 aromatic rings. The zero-order chi connectivity index (χ0) is 22.4. The van der Waals surface area contributed by atoms with Crippen LogP contribution in [0.5, 0.6) is 11.5 Å². The highest BCUT2D eigenvalue weighted by molar-refractivity contribution is 6.35. The van der Waals surface area contributed by atoms with E-state index in [1.807, 2.05) is 0 Å². The number of para-hydroxylation sites is 2. The number of hydrogen-bond acceptors (Lipinski definition) is 6. The van der Waals surface area contributed by atoms with E-state index in [4.69, 9.17) is 32.7 Å². The van der Waals surface area contributed by atoms with Gasteiger partial charge in [-0.05, 0) is 48.5 Å². The lowest BCUT2D eigenvalue weighted by atomic mass is 10.2. The molecule has 1 amide bonds. The minimum atomic E-state index is -0.763. The summed E-state index contributed by atoms with van der Waals surface area (Å²) < 4.78 is 10.3. The number of carbonyl (C=O) groups excluding carboxylic acids is 2. The molecule has 0 fully saturated rings. The molecule has 0 unspecified atom stereocenters. The van der Waals surface area contributed by atoms with E-state index in [-0.39, 0.29) is 17.2 Å². The topological polar surface area (TPSA) is 108 Å². The predicted molar refractivity (Wildman–Crippen MR) is 115 cm³/mol. The first-order valence-corrected chi connectivity index (χ1v) is 9.52. The van der Waals surface area contributed by atoms with Crippen molar-refractivity contribution in [2.24, 2.45) is 0 Å². The Morgan fingerprint density at radius 1 is 1.00 bits per heavy atom. The Morgan fingerprint density at radius 3 is 2.42 bits per heavy atom. The van der Waals surface area contributed by atoms with Crippen LogP contribution >= 0.6 is 23.2 Å². The number of amides is 1. The zero-order valence-corrected chi connectivity index (χ0v) is 17.2. The van der Waals surface area contributed by atoms with Gasteiger partial charge in [0.25, 0.3) is 5.91 Å². The summed E-state index contributed by atoms with van der Waals surface area (Å²) in [5.41, 5.74) is 0.402. The molecule has 0 atom stereocenters. The predicted octanol–water partition coefficient (Wildman–Crippen LogP) is 5.14. The van der Waals surface area contributed by atoms with E-state index in [9.17, 15) is 19.7 Å². The Hall–Kier alpha value is -3.62. The molecule has 10 heteroatoms. The van der Waals surface area contributed by atoms with Crippen molar-refractivity contribution in [2.75, 3.05) is 11.9 Å². The molecule has 0 radical (unpaired) electrons. The van der Waals surface area contributed by atoms with Crippen LogP contribution < -0.4 is 14.8 Å². The highest BCUT2D eigenvalue weighted by atomic mass is 35.5. The third kappa shape index (κ3) is 5.94. The van der Waals surface area contributed by atoms with Gasteiger partial charge in [0.15, 0.2) is 12.4 Å². The molecular weight excluding hydrogens is 447 g/mol. The number of rotatable bonds is 7. The number of anilines is 1. The van der Waals surface area contributed by atoms with Crippen molar-refractivity contribution < 1.29 is 24.0 Å². The van der Waals surface area contributed by atoms with Crippen LogP contribution in [0.25, 0.3) is 0 Å². The zero-order valence-electron chi connectivity index (χ0n) is 15.7. The summed E-state index contributed by atoms with van der Waals surface area (Å²) in [5, 5.41) is 14.4. The van der Waals surface area contributed by atoms with Gasteiger partial charge in [0.2, 0.25) is 0 Å². The monoisotopic (exact) mass is 460 g/mol. The first-order chi connectivity index (χ1) is 14.8. The Balaban J connectivity index is 1.58. The number of halogens is 2. The molecule has 0 aliphatic heterocycles. The summed E-state index contributed by atoms with van der Waals surface area (Å²) in [6.07, 6.45) is 0. The van der Waals surface area contributed by atoms with Gasteiger partial charge in [-0.2, -0.15) is 0 Å². The number of benzene rings is 3. The van der Waals surface area contributed by atoms with E-state index >= 15 is 0 Å². The lowest BCUT2D eigenvalue weighted by Crippen LogP contribution is -2.18. The summed E-state index contributed by atoms with van der Waals surface area (Å²) in [6, 6.07) is 16.1. The molecule has 1 N–H and O–H groups in total. The molecule has 0 aliphatic carbocycles. The molecule has 3 rings (SSSR count). The Bertz CT molecular complexity index is 1130. The van der Waals surface area contributed by atoms with Crippen molar-refractivity contribution in [1.82, 2.24) is 0 Å². The molecule has 158 valence electrons. The number of esters is 1. The summed E-state index contributed by atoms with van der Waals surface area (Å²) in [6.45, 7) is -0.527. The Labute approximate surface area is 186 Å². The van der Waals surface area contributed by atoms with Crippen molar-refractivity contribution in [3.63, 3.8) is 0 Å². The highest BCUT2D eigenvalue weighted by Gasteiger charge is 2.16. The van der Waals surface area contributed by atoms with Crippen LogP contribution in [0.1, 0.15) is 10.4 Å². The second kappa shape index (κ2) is 9.92. The third-order valence-electron chi connectivity index (χ3n) is 3.93. The maximum Gasteiger partial charge on any atom is 0.349 e. The number of nitrogens with one attached hydrogen (secondary N) is 1. The smallest absolute Gasteiger partial charge is 0.349 e. The second-order valence-corrected chi connectivity index (χ2v) is 6.93. The van der Waals surface area contributed by atoms with Gasteiger partial charge >= 0.3 is 11.7 Å². The standard InChI is InChI=1S/C21H14Cl2N2O6/c22-14-7-10-16(23)17(11-14)24-21(27)13-5-8-15(9-6-13)31-20(26)12-30-19-4-2-1-3-18(19)25(28)29/h1-11H,12H2,(H,24,27). The largest absolute Gasteiger partial charge is 0.475 e. The number of ether oxygens (including phenoxy) is 2. The van der Waals surface area contributed by atoms with Gasteiger partial charge in [-0.3, -0.25) is 14.9 Å². The Morgan fingerprint density at radius 2 is 1.71 bits per heavy atom. The van der Waals surface area contributed by atoms with Gasteiger partial charge in [-0.15, -0.1) is 0 Å². The fraction of sp³-hybridized carbons (Fsp3) is 0.0476. The molecule has 31 heavy (non-hydrogen) atoms. The second-order valence-electron chi connectivity index (χ2n) is 6.09. The van der Waals surface area contributed by atoms with Crippen LogP contribution in [-0.2, 0) is 4.79 Å². The van der Waals surface area contributed by atoms with Crippen molar-refractivity contribution in [3.05, 3.63) is 92.5 Å². The minimum absolute atomic E-state index is 0.0452. The number of nitro benzene ring substituents is 1. The molecule has 0 aromatic heterocycles. The van der Waals surface area contributed by atoms with Crippen molar-refractivity contribution in [3.8, 4) is 11.5 Å². The lowest BCUT2D eigenvalue weighted by Gasteiger charge is -2.09. The van der Waals surface area contributed by atoms with Crippen LogP contribution in [0, 0.1) is 10.1 Å². The molecule has 8 nitrogen and oxygen atoms in total. The summed E-state index contributed by atoms with van der Waals surface area (Å²) in [5.74, 6) is -1.06. The molecule has 0 heterocycles. The van der Waals surface area contributed by atoms with Gasteiger partial charge in [-0.25, -0.2) is 4.79 Å². The normalized spacial score (nSPS) is 10.3. The maximum atomic E-state index is 12.4. The highest BCUT2D eigenvalue weighted by Crippen LogP contribution is 2.27. The van der Waals surface area contributed by atoms with Crippen molar-refractivity contribution >= 4 is 46.5 Å². The van der Waals surface area contributed by atoms with Crippen molar-refractivity contribution in [1.29, 1.82) is 0 Å². The number of carbonyl (C=O) groups is 2. The first-order valence-electron chi connectivity index (χ1n) is 8.77. The van der Waals surface area contributed by atoms with Gasteiger partial charge in [-0.1, -0.05) is 35.3 Å². The maximum absolute atomic E-state index is 12.4. The van der Waals surface area contributed by atoms with E-state index in [2.05, 4.69) is 5.32 Å². The van der Waals surface area contributed by atoms with Crippen molar-refractivity contribution in [2.45, 2.75) is 0 Å². The van der Waals surface area contributed by atoms with Crippen LogP contribution in [-0.4, -0.2) is 23.4 Å². The summed E-state index contributed by atoms with van der Waals surface area (Å²) in [7, 11) is 0.